The third-order valence-corrected chi connectivity index (χ3v) is 7.59. The number of benzene rings is 4. The lowest BCUT2D eigenvalue weighted by atomic mass is 9.80. The predicted octanol–water partition coefficient (Wildman–Crippen LogP) is 7.71. The zero-order chi connectivity index (χ0) is 30.4. The Hall–Kier alpha value is -5.29. The van der Waals surface area contributed by atoms with Crippen molar-refractivity contribution in [2.75, 3.05) is 0 Å². The van der Waals surface area contributed by atoms with E-state index in [1.54, 1.807) is 18.2 Å². The van der Waals surface area contributed by atoms with Gasteiger partial charge < -0.3 is 5.73 Å². The Morgan fingerprint density at radius 3 is 2.12 bits per heavy atom. The van der Waals surface area contributed by atoms with Crippen LogP contribution in [-0.2, 0) is 0 Å². The van der Waals surface area contributed by atoms with Crippen LogP contribution in [0, 0.1) is 45.9 Å². The van der Waals surface area contributed by atoms with Crippen LogP contribution in [0.5, 0.6) is 0 Å². The highest BCUT2D eigenvalue weighted by Crippen LogP contribution is 2.42. The van der Waals surface area contributed by atoms with Gasteiger partial charge in [0.05, 0.1) is 40.2 Å². The largest absolute Gasteiger partial charge is 0.319 e. The highest BCUT2D eigenvalue weighted by Gasteiger charge is 2.31. The Labute approximate surface area is 248 Å². The molecule has 0 bridgehead atoms. The second-order valence-corrected chi connectivity index (χ2v) is 9.91. The van der Waals surface area contributed by atoms with Crippen molar-refractivity contribution in [2.24, 2.45) is 10.1 Å². The summed E-state index contributed by atoms with van der Waals surface area (Å²) in [5.74, 6) is -6.88. The maximum atomic E-state index is 14.7. The Bertz CT molecular complexity index is 2100. The van der Waals surface area contributed by atoms with E-state index >= 15 is 0 Å². The molecule has 43 heavy (non-hydrogen) atoms. The topological polar surface area (TPSA) is 98.8 Å². The zero-order valence-electron chi connectivity index (χ0n) is 21.9. The summed E-state index contributed by atoms with van der Waals surface area (Å²) >= 11 is 4.19. The molecule has 0 saturated carbocycles. The molecule has 0 radical (unpaired) electrons. The first-order chi connectivity index (χ1) is 20.8. The van der Waals surface area contributed by atoms with Crippen molar-refractivity contribution in [3.8, 4) is 34.5 Å². The van der Waals surface area contributed by atoms with Gasteiger partial charge in [0.15, 0.2) is 23.3 Å². The van der Waals surface area contributed by atoms with E-state index in [0.29, 0.717) is 44.7 Å². The van der Waals surface area contributed by atoms with Gasteiger partial charge in [-0.05, 0) is 53.8 Å². The molecule has 10 heteroatoms. The van der Waals surface area contributed by atoms with Gasteiger partial charge in [-0.3, -0.25) is 0 Å². The molecule has 0 saturated heterocycles. The van der Waals surface area contributed by atoms with E-state index in [-0.39, 0.29) is 5.56 Å². The Morgan fingerprint density at radius 2 is 1.47 bits per heavy atom. The lowest BCUT2D eigenvalue weighted by Crippen LogP contribution is -2.27. The summed E-state index contributed by atoms with van der Waals surface area (Å²) in [6.45, 7) is 0. The molecule has 0 fully saturated rings. The number of aromatic nitrogens is 1. The molecule has 1 aromatic heterocycles. The highest BCUT2D eigenvalue weighted by molar-refractivity contribution is 7.79. The number of nitriles is 2. The third-order valence-electron chi connectivity index (χ3n) is 7.37. The van der Waals surface area contributed by atoms with Crippen LogP contribution in [0.25, 0.3) is 44.9 Å². The number of hydrogen-bond acceptors (Lipinski definition) is 6. The van der Waals surface area contributed by atoms with Gasteiger partial charge in [-0.2, -0.15) is 10.5 Å². The molecule has 2 N–H and O–H groups in total. The van der Waals surface area contributed by atoms with Crippen LogP contribution >= 0.6 is 12.8 Å². The highest BCUT2D eigenvalue weighted by atomic mass is 32.1. The molecule has 1 aliphatic rings. The van der Waals surface area contributed by atoms with Crippen molar-refractivity contribution in [2.45, 2.75) is 6.04 Å². The summed E-state index contributed by atoms with van der Waals surface area (Å²) in [5.41, 5.74) is 9.74. The van der Waals surface area contributed by atoms with Crippen LogP contribution < -0.4 is 5.73 Å². The van der Waals surface area contributed by atoms with Crippen molar-refractivity contribution in [1.29, 1.82) is 10.5 Å². The summed E-state index contributed by atoms with van der Waals surface area (Å²) < 4.78 is 62.2. The second kappa shape index (κ2) is 10.8. The van der Waals surface area contributed by atoms with E-state index in [2.05, 4.69) is 23.3 Å². The van der Waals surface area contributed by atoms with Crippen LogP contribution in [0.15, 0.2) is 77.2 Å². The first kappa shape index (κ1) is 27.9. The lowest BCUT2D eigenvalue weighted by Gasteiger charge is -2.28. The van der Waals surface area contributed by atoms with E-state index in [9.17, 15) is 22.8 Å². The maximum Gasteiger partial charge on any atom is 0.180 e. The molecule has 1 atom stereocenters. The van der Waals surface area contributed by atoms with Crippen molar-refractivity contribution < 1.29 is 17.6 Å². The van der Waals surface area contributed by atoms with E-state index in [0.717, 1.165) is 17.0 Å². The van der Waals surface area contributed by atoms with Crippen LogP contribution in [0.1, 0.15) is 33.9 Å². The number of para-hydroxylation sites is 1. The SMILES string of the molecule is N#Cc1cccc(-c2nc3ccccc3c3c2C=C(c2ccc(-c4c(F)c(F)c(C#N)c(F)c4F)cc2)C(=NS)C3N)c1. The molecule has 0 spiro atoms. The van der Waals surface area contributed by atoms with Crippen molar-refractivity contribution in [3.05, 3.63) is 124 Å². The first-order valence-corrected chi connectivity index (χ1v) is 13.2. The van der Waals surface area contributed by atoms with Crippen LogP contribution in [-0.4, -0.2) is 10.7 Å². The number of pyridine rings is 1. The number of thiol groups is 1. The third kappa shape index (κ3) is 4.45. The molecule has 6 rings (SSSR count). The molecule has 5 nitrogen and oxygen atoms in total. The molecular weight excluding hydrogens is 574 g/mol. The quantitative estimate of drug-likeness (QED) is 0.128. The Balaban J connectivity index is 1.56. The normalized spacial score (nSPS) is 15.1. The minimum Gasteiger partial charge on any atom is -0.319 e. The van der Waals surface area contributed by atoms with Gasteiger partial charge >= 0.3 is 0 Å². The monoisotopic (exact) mass is 591 g/mol. The van der Waals surface area contributed by atoms with E-state index in [4.69, 9.17) is 16.0 Å². The number of rotatable bonds is 3. The van der Waals surface area contributed by atoms with Gasteiger partial charge in [0, 0.05) is 22.1 Å². The molecule has 0 amide bonds. The number of hydrogen-bond donors (Lipinski definition) is 2. The van der Waals surface area contributed by atoms with Crippen molar-refractivity contribution in [1.82, 2.24) is 4.98 Å². The average Bonchev–Trinajstić information content (AvgIpc) is 3.04. The van der Waals surface area contributed by atoms with Gasteiger partial charge in [-0.15, -0.1) is 0 Å². The number of nitrogens with zero attached hydrogens (tertiary/aromatic N) is 4. The van der Waals surface area contributed by atoms with Crippen LogP contribution in [0.3, 0.4) is 0 Å². The smallest absolute Gasteiger partial charge is 0.180 e. The van der Waals surface area contributed by atoms with Crippen LogP contribution in [0.4, 0.5) is 17.6 Å². The first-order valence-electron chi connectivity index (χ1n) is 12.8. The standard InChI is InChI=1S/C33H17F4N5S/c34-27-23(15-39)28(35)30(37)25(29(27)36)18-10-8-17(9-11-18)21-13-22-26(31(40)33(21)42-43)20-6-1-2-7-24(20)41-32(22)19-5-3-4-16(12-19)14-38/h1-13,31,43H,40H2. The average molecular weight is 592 g/mol. The van der Waals surface area contributed by atoms with Gasteiger partial charge in [0.25, 0.3) is 0 Å². The minimum absolute atomic E-state index is 0.145. The van der Waals surface area contributed by atoms with E-state index in [1.807, 2.05) is 36.4 Å². The molecule has 0 aliphatic heterocycles. The fourth-order valence-electron chi connectivity index (χ4n) is 5.36. The Kier molecular flexibility index (Phi) is 7.02. The summed E-state index contributed by atoms with van der Waals surface area (Å²) in [7, 11) is 0. The molecule has 1 aliphatic carbocycles. The molecule has 4 aromatic carbocycles. The number of nitrogens with two attached hydrogens (primary N) is 1. The molecule has 5 aromatic rings. The Morgan fingerprint density at radius 1 is 0.791 bits per heavy atom. The van der Waals surface area contributed by atoms with Gasteiger partial charge in [0.1, 0.15) is 11.6 Å². The summed E-state index contributed by atoms with van der Waals surface area (Å²) in [6, 6.07) is 22.7. The predicted molar refractivity (Wildman–Crippen MR) is 160 cm³/mol. The van der Waals surface area contributed by atoms with Gasteiger partial charge in [-0.1, -0.05) is 54.6 Å². The van der Waals surface area contributed by atoms with E-state index < -0.39 is 40.4 Å². The maximum absolute atomic E-state index is 14.7. The van der Waals surface area contributed by atoms with Crippen molar-refractivity contribution in [3.63, 3.8) is 0 Å². The van der Waals surface area contributed by atoms with E-state index in [1.165, 1.54) is 24.3 Å². The zero-order valence-corrected chi connectivity index (χ0v) is 22.8. The van der Waals surface area contributed by atoms with Crippen molar-refractivity contribution >= 4 is 41.1 Å². The van der Waals surface area contributed by atoms with Crippen LogP contribution in [0.2, 0.25) is 0 Å². The van der Waals surface area contributed by atoms with Gasteiger partial charge in [-0.25, -0.2) is 26.9 Å². The molecule has 1 heterocycles. The van der Waals surface area contributed by atoms with Gasteiger partial charge in [0.2, 0.25) is 0 Å². The minimum atomic E-state index is -1.77. The fourth-order valence-corrected chi connectivity index (χ4v) is 5.59. The number of halogens is 4. The lowest BCUT2D eigenvalue weighted by molar-refractivity contribution is 0.454. The summed E-state index contributed by atoms with van der Waals surface area (Å²) in [5, 5.41) is 19.2. The number of fused-ring (bicyclic) bond motifs is 3. The fraction of sp³-hybridized carbons (Fsp3) is 0.0303. The summed E-state index contributed by atoms with van der Waals surface area (Å²) in [4.78, 5) is 4.91. The molecular formula is C33H17F4N5S. The summed E-state index contributed by atoms with van der Waals surface area (Å²) in [6.07, 6.45) is 1.83. The second-order valence-electron chi connectivity index (χ2n) is 9.71. The molecule has 208 valence electrons. The molecule has 1 unspecified atom stereocenters.